The van der Waals surface area contributed by atoms with Crippen LogP contribution in [0.25, 0.3) is 11.1 Å². The predicted octanol–water partition coefficient (Wildman–Crippen LogP) is 3.49. The highest BCUT2D eigenvalue weighted by atomic mass is 16.6. The highest BCUT2D eigenvalue weighted by Gasteiger charge is 2.31. The Bertz CT molecular complexity index is 1290. The Kier molecular flexibility index (Phi) is 17.6. The number of amides is 3. The van der Waals surface area contributed by atoms with Gasteiger partial charge in [0.15, 0.2) is 0 Å². The maximum atomic E-state index is 13.1. The van der Waals surface area contributed by atoms with E-state index >= 15 is 0 Å². The lowest BCUT2D eigenvalue weighted by Gasteiger charge is -2.24. The molecule has 0 aromatic heterocycles. The molecule has 0 saturated carbocycles. The average Bonchev–Trinajstić information content (AvgIpc) is 3.41. The fourth-order valence-corrected chi connectivity index (χ4v) is 5.46. The van der Waals surface area contributed by atoms with Gasteiger partial charge in [-0.05, 0) is 47.4 Å². The van der Waals surface area contributed by atoms with Gasteiger partial charge in [0, 0.05) is 26.0 Å². The molecule has 4 N–H and O–H groups in total. The van der Waals surface area contributed by atoms with Crippen molar-refractivity contribution in [2.75, 3.05) is 66.5 Å². The third kappa shape index (κ3) is 13.4. The molecule has 2 unspecified atom stereocenters. The third-order valence-electron chi connectivity index (χ3n) is 8.07. The lowest BCUT2D eigenvalue weighted by molar-refractivity contribution is -0.142. The van der Waals surface area contributed by atoms with Crippen LogP contribution in [0, 0.1) is 5.92 Å². The van der Waals surface area contributed by atoms with Gasteiger partial charge in [-0.3, -0.25) is 9.59 Å². The van der Waals surface area contributed by atoms with Crippen LogP contribution in [0.15, 0.2) is 48.5 Å². The quantitative estimate of drug-likeness (QED) is 0.120. The van der Waals surface area contributed by atoms with Gasteiger partial charge in [0.2, 0.25) is 11.8 Å². The van der Waals surface area contributed by atoms with Crippen molar-refractivity contribution >= 4 is 23.9 Å². The minimum Gasteiger partial charge on any atom is -0.480 e. The Balaban J connectivity index is 1.32. The SMILES string of the molecule is COCCOCCOCCOCCC(=O)NCCCCC(NC(=O)C(NC(=O)OCC1c2ccccc2-c2ccccc21)C(C)C)C(=O)O. The molecule has 0 saturated heterocycles. The summed E-state index contributed by atoms with van der Waals surface area (Å²) >= 11 is 0. The fraction of sp³-hybridized carbons (Fsp3) is 0.556. The van der Waals surface area contributed by atoms with E-state index in [9.17, 15) is 24.3 Å². The molecule has 270 valence electrons. The summed E-state index contributed by atoms with van der Waals surface area (Å²) in [6.07, 6.45) is 0.579. The first-order valence-corrected chi connectivity index (χ1v) is 16.9. The highest BCUT2D eigenvalue weighted by Crippen LogP contribution is 2.44. The van der Waals surface area contributed by atoms with E-state index in [1.165, 1.54) is 0 Å². The van der Waals surface area contributed by atoms with E-state index in [2.05, 4.69) is 16.0 Å². The first-order valence-electron chi connectivity index (χ1n) is 16.9. The number of unbranched alkanes of at least 4 members (excludes halogenated alkanes) is 1. The summed E-state index contributed by atoms with van der Waals surface area (Å²) in [5.41, 5.74) is 4.35. The molecule has 1 aliphatic rings. The van der Waals surface area contributed by atoms with Crippen LogP contribution in [-0.4, -0.2) is 108 Å². The van der Waals surface area contributed by atoms with Crippen molar-refractivity contribution in [3.05, 3.63) is 59.7 Å². The largest absolute Gasteiger partial charge is 0.480 e. The van der Waals surface area contributed by atoms with Crippen molar-refractivity contribution < 1.29 is 48.0 Å². The number of aliphatic carboxylic acids is 1. The third-order valence-corrected chi connectivity index (χ3v) is 8.07. The molecule has 3 amide bonds. The monoisotopic (exact) mass is 685 g/mol. The van der Waals surface area contributed by atoms with E-state index in [1.54, 1.807) is 21.0 Å². The standard InChI is InChI=1S/C36H51N3O10/c1-25(2)33(39-36(44)49-24-30-28-12-6-4-10-26(28)27-11-5-7-13-29(27)30)34(41)38-31(35(42)43)14-8-9-16-37-32(40)15-17-46-20-21-48-23-22-47-19-18-45-3/h4-7,10-13,25,30-31,33H,8-9,14-24H2,1-3H3,(H,37,40)(H,38,41)(H,39,44)(H,42,43). The molecule has 13 nitrogen and oxygen atoms in total. The smallest absolute Gasteiger partial charge is 0.407 e. The zero-order valence-corrected chi connectivity index (χ0v) is 28.7. The molecule has 1 aliphatic carbocycles. The van der Waals surface area contributed by atoms with E-state index in [0.29, 0.717) is 59.0 Å². The molecular weight excluding hydrogens is 634 g/mol. The van der Waals surface area contributed by atoms with Crippen LogP contribution in [0.5, 0.6) is 0 Å². The molecule has 3 rings (SSSR count). The Hall–Kier alpha value is -4.04. The van der Waals surface area contributed by atoms with Crippen molar-refractivity contribution in [2.24, 2.45) is 5.92 Å². The number of hydrogen-bond donors (Lipinski definition) is 4. The fourth-order valence-electron chi connectivity index (χ4n) is 5.46. The van der Waals surface area contributed by atoms with Gasteiger partial charge in [0.05, 0.1) is 46.2 Å². The van der Waals surface area contributed by atoms with Gasteiger partial charge in [-0.15, -0.1) is 0 Å². The molecule has 0 aliphatic heterocycles. The van der Waals surface area contributed by atoms with E-state index in [-0.39, 0.29) is 43.8 Å². The second-order valence-electron chi connectivity index (χ2n) is 12.0. The summed E-state index contributed by atoms with van der Waals surface area (Å²) in [4.78, 5) is 50.0. The summed E-state index contributed by atoms with van der Waals surface area (Å²) in [7, 11) is 1.61. The summed E-state index contributed by atoms with van der Waals surface area (Å²) in [6.45, 7) is 6.99. The van der Waals surface area contributed by atoms with Gasteiger partial charge < -0.3 is 44.7 Å². The topological polar surface area (TPSA) is 171 Å². The average molecular weight is 686 g/mol. The van der Waals surface area contributed by atoms with Gasteiger partial charge in [0.25, 0.3) is 0 Å². The number of hydrogen-bond acceptors (Lipinski definition) is 9. The zero-order valence-electron chi connectivity index (χ0n) is 28.7. The van der Waals surface area contributed by atoms with Crippen LogP contribution >= 0.6 is 0 Å². The van der Waals surface area contributed by atoms with Crippen molar-refractivity contribution in [1.82, 2.24) is 16.0 Å². The van der Waals surface area contributed by atoms with Gasteiger partial charge in [-0.2, -0.15) is 0 Å². The molecule has 2 aromatic rings. The first kappa shape index (κ1) is 39.4. The lowest BCUT2D eigenvalue weighted by Crippen LogP contribution is -2.53. The van der Waals surface area contributed by atoms with Crippen LogP contribution in [0.1, 0.15) is 56.6 Å². The van der Waals surface area contributed by atoms with Gasteiger partial charge in [-0.25, -0.2) is 9.59 Å². The minimum atomic E-state index is -1.18. The maximum absolute atomic E-state index is 13.1. The second kappa shape index (κ2) is 21.8. The highest BCUT2D eigenvalue weighted by molar-refractivity contribution is 5.89. The molecule has 0 fully saturated rings. The molecule has 0 radical (unpaired) electrons. The zero-order chi connectivity index (χ0) is 35.4. The molecule has 0 spiro atoms. The van der Waals surface area contributed by atoms with Crippen molar-refractivity contribution in [1.29, 1.82) is 0 Å². The Morgan fingerprint density at radius 1 is 0.776 bits per heavy atom. The number of nitrogens with one attached hydrogen (secondary N) is 3. The van der Waals surface area contributed by atoms with Gasteiger partial charge in [0.1, 0.15) is 18.7 Å². The number of carbonyl (C=O) groups excluding carboxylic acids is 3. The van der Waals surface area contributed by atoms with Crippen LogP contribution < -0.4 is 16.0 Å². The molecule has 0 heterocycles. The van der Waals surface area contributed by atoms with Crippen molar-refractivity contribution in [3.63, 3.8) is 0 Å². The van der Waals surface area contributed by atoms with Gasteiger partial charge >= 0.3 is 12.1 Å². The number of carbonyl (C=O) groups is 4. The summed E-state index contributed by atoms with van der Waals surface area (Å²) in [6, 6.07) is 13.8. The molecule has 0 bridgehead atoms. The van der Waals surface area contributed by atoms with Crippen LogP contribution in [-0.2, 0) is 38.1 Å². The summed E-state index contributed by atoms with van der Waals surface area (Å²) in [5.74, 6) is -2.42. The number of fused-ring (bicyclic) bond motifs is 3. The number of carboxylic acid groups (broad SMARTS) is 1. The normalized spacial score (nSPS) is 13.3. The minimum absolute atomic E-state index is 0.0923. The second-order valence-corrected chi connectivity index (χ2v) is 12.0. The van der Waals surface area contributed by atoms with E-state index in [1.807, 2.05) is 48.5 Å². The predicted molar refractivity (Wildman–Crippen MR) is 182 cm³/mol. The molecule has 13 heteroatoms. The van der Waals surface area contributed by atoms with E-state index < -0.39 is 30.1 Å². The number of alkyl carbamates (subject to hydrolysis) is 1. The Labute approximate surface area is 288 Å². The number of carboxylic acids is 1. The van der Waals surface area contributed by atoms with Crippen molar-refractivity contribution in [3.8, 4) is 11.1 Å². The maximum Gasteiger partial charge on any atom is 0.407 e. The molecule has 49 heavy (non-hydrogen) atoms. The van der Waals surface area contributed by atoms with Gasteiger partial charge in [-0.1, -0.05) is 62.4 Å². The number of benzene rings is 2. The van der Waals surface area contributed by atoms with Crippen LogP contribution in [0.4, 0.5) is 4.79 Å². The Morgan fingerprint density at radius 3 is 1.92 bits per heavy atom. The summed E-state index contributed by atoms with van der Waals surface area (Å²) in [5, 5.41) is 17.7. The Morgan fingerprint density at radius 2 is 1.35 bits per heavy atom. The number of rotatable bonds is 24. The number of methoxy groups -OCH3 is 1. The molecular formula is C36H51N3O10. The van der Waals surface area contributed by atoms with E-state index in [0.717, 1.165) is 22.3 Å². The van der Waals surface area contributed by atoms with Crippen LogP contribution in [0.2, 0.25) is 0 Å². The van der Waals surface area contributed by atoms with Crippen molar-refractivity contribution in [2.45, 2.75) is 57.5 Å². The summed E-state index contributed by atoms with van der Waals surface area (Å²) < 4.78 is 26.6. The molecule has 2 aromatic carbocycles. The van der Waals surface area contributed by atoms with Crippen LogP contribution in [0.3, 0.4) is 0 Å². The first-order chi connectivity index (χ1) is 23.7. The molecule has 2 atom stereocenters. The van der Waals surface area contributed by atoms with E-state index in [4.69, 9.17) is 23.7 Å². The number of ether oxygens (including phenoxy) is 5. The lowest BCUT2D eigenvalue weighted by atomic mass is 9.98.